The minimum absolute atomic E-state index is 0.256. The van der Waals surface area contributed by atoms with E-state index in [0.29, 0.717) is 11.9 Å². The summed E-state index contributed by atoms with van der Waals surface area (Å²) in [6.45, 7) is 0. The molecule has 0 unspecified atom stereocenters. The molecule has 1 aliphatic rings. The predicted molar refractivity (Wildman–Crippen MR) is 116 cm³/mol. The number of anilines is 2. The lowest BCUT2D eigenvalue weighted by atomic mass is 10.0. The highest BCUT2D eigenvalue weighted by molar-refractivity contribution is 5.67. The smallest absolute Gasteiger partial charge is 0.227 e. The summed E-state index contributed by atoms with van der Waals surface area (Å²) < 4.78 is 13.4. The summed E-state index contributed by atoms with van der Waals surface area (Å²) in [6, 6.07) is 18.2. The molecule has 0 bridgehead atoms. The second-order valence-corrected chi connectivity index (χ2v) is 7.59. The van der Waals surface area contributed by atoms with Crippen molar-refractivity contribution in [2.45, 2.75) is 31.6 Å². The van der Waals surface area contributed by atoms with E-state index >= 15 is 0 Å². The van der Waals surface area contributed by atoms with Gasteiger partial charge in [0.15, 0.2) is 0 Å². The zero-order chi connectivity index (χ0) is 20.3. The largest absolute Gasteiger partial charge is 0.336 e. The maximum atomic E-state index is 13.4. The van der Waals surface area contributed by atoms with Crippen molar-refractivity contribution in [3.63, 3.8) is 0 Å². The highest BCUT2D eigenvalue weighted by atomic mass is 19.1. The van der Waals surface area contributed by atoms with E-state index in [4.69, 9.17) is 9.97 Å². The molecule has 0 radical (unpaired) electrons. The minimum Gasteiger partial charge on any atom is -0.336 e. The molecule has 2 aromatic heterocycles. The lowest BCUT2D eigenvalue weighted by molar-refractivity contribution is 0.628. The summed E-state index contributed by atoms with van der Waals surface area (Å²) in [7, 11) is 0. The van der Waals surface area contributed by atoms with Crippen LogP contribution in [0.2, 0.25) is 0 Å². The number of hydrogen-bond acceptors (Lipinski definition) is 4. The normalized spacial score (nSPS) is 14.2. The monoisotopic (exact) mass is 399 g/mol. The van der Waals surface area contributed by atoms with Crippen LogP contribution in [0.4, 0.5) is 16.0 Å². The molecule has 0 saturated heterocycles. The third-order valence-electron chi connectivity index (χ3n) is 5.53. The molecule has 5 nitrogen and oxygen atoms in total. The lowest BCUT2D eigenvalue weighted by Gasteiger charge is -2.10. The Labute approximate surface area is 174 Å². The Morgan fingerprint density at radius 2 is 1.67 bits per heavy atom. The average molecular weight is 399 g/mol. The van der Waals surface area contributed by atoms with Crippen LogP contribution in [-0.4, -0.2) is 19.9 Å². The molecule has 1 aliphatic carbocycles. The second kappa shape index (κ2) is 8.06. The van der Waals surface area contributed by atoms with Crippen molar-refractivity contribution < 1.29 is 4.39 Å². The van der Waals surface area contributed by atoms with Crippen molar-refractivity contribution in [3.05, 3.63) is 78.4 Å². The van der Waals surface area contributed by atoms with Crippen LogP contribution < -0.4 is 5.32 Å². The number of hydrogen-bond donors (Lipinski definition) is 2. The number of aromatic nitrogens is 4. The Kier molecular flexibility index (Phi) is 4.97. The van der Waals surface area contributed by atoms with E-state index in [1.165, 1.54) is 25.0 Å². The van der Waals surface area contributed by atoms with Gasteiger partial charge >= 0.3 is 0 Å². The third-order valence-corrected chi connectivity index (χ3v) is 5.53. The van der Waals surface area contributed by atoms with Gasteiger partial charge in [-0.1, -0.05) is 31.0 Å². The highest BCUT2D eigenvalue weighted by Gasteiger charge is 2.25. The molecule has 150 valence electrons. The van der Waals surface area contributed by atoms with E-state index < -0.39 is 0 Å². The van der Waals surface area contributed by atoms with E-state index in [9.17, 15) is 4.39 Å². The van der Waals surface area contributed by atoms with Crippen LogP contribution in [0.3, 0.4) is 0 Å². The van der Waals surface area contributed by atoms with Crippen molar-refractivity contribution in [1.82, 2.24) is 19.9 Å². The quantitative estimate of drug-likeness (QED) is 0.427. The zero-order valence-corrected chi connectivity index (χ0v) is 16.5. The summed E-state index contributed by atoms with van der Waals surface area (Å²) in [5.41, 5.74) is 4.54. The Hall–Kier alpha value is -3.54. The van der Waals surface area contributed by atoms with Crippen LogP contribution in [0.1, 0.15) is 37.3 Å². The molecule has 1 fully saturated rings. The van der Waals surface area contributed by atoms with E-state index in [0.717, 1.165) is 47.0 Å². The first kappa shape index (κ1) is 18.5. The van der Waals surface area contributed by atoms with Gasteiger partial charge in [0.1, 0.15) is 11.6 Å². The Bertz CT molecular complexity index is 1130. The maximum absolute atomic E-state index is 13.4. The molecule has 2 heterocycles. The lowest BCUT2D eigenvalue weighted by Crippen LogP contribution is -2.00. The van der Waals surface area contributed by atoms with E-state index in [-0.39, 0.29) is 5.82 Å². The number of halogens is 1. The first-order valence-electron chi connectivity index (χ1n) is 10.3. The van der Waals surface area contributed by atoms with Gasteiger partial charge in [-0.05, 0) is 55.3 Å². The van der Waals surface area contributed by atoms with Crippen molar-refractivity contribution in [3.8, 4) is 22.8 Å². The van der Waals surface area contributed by atoms with Gasteiger partial charge < -0.3 is 10.3 Å². The second-order valence-electron chi connectivity index (χ2n) is 7.59. The molecule has 5 rings (SSSR count). The van der Waals surface area contributed by atoms with E-state index in [2.05, 4.69) is 15.3 Å². The Morgan fingerprint density at radius 1 is 0.900 bits per heavy atom. The summed E-state index contributed by atoms with van der Waals surface area (Å²) >= 11 is 0. The summed E-state index contributed by atoms with van der Waals surface area (Å²) in [6.07, 6.45) is 6.44. The van der Waals surface area contributed by atoms with Gasteiger partial charge in [-0.2, -0.15) is 0 Å². The van der Waals surface area contributed by atoms with Crippen molar-refractivity contribution >= 4 is 11.6 Å². The topological polar surface area (TPSA) is 66.5 Å². The summed E-state index contributed by atoms with van der Waals surface area (Å²) in [5, 5.41) is 3.25. The number of aromatic amines is 1. The molecular weight excluding hydrogens is 377 g/mol. The molecule has 0 spiro atoms. The molecule has 0 amide bonds. The van der Waals surface area contributed by atoms with Crippen molar-refractivity contribution in [2.24, 2.45) is 0 Å². The van der Waals surface area contributed by atoms with Crippen molar-refractivity contribution in [2.75, 3.05) is 5.32 Å². The first-order chi connectivity index (χ1) is 14.8. The fourth-order valence-electron chi connectivity index (χ4n) is 4.03. The molecule has 2 N–H and O–H groups in total. The number of para-hydroxylation sites is 1. The van der Waals surface area contributed by atoms with Crippen LogP contribution in [0, 0.1) is 5.82 Å². The maximum Gasteiger partial charge on any atom is 0.227 e. The van der Waals surface area contributed by atoms with Crippen LogP contribution >= 0.6 is 0 Å². The summed E-state index contributed by atoms with van der Waals surface area (Å²) in [5.74, 6) is 1.43. The predicted octanol–water partition coefficient (Wildman–Crippen LogP) is 6.07. The number of rotatable bonds is 5. The molecule has 0 atom stereocenters. The fourth-order valence-corrected chi connectivity index (χ4v) is 4.03. The molecule has 2 aromatic carbocycles. The number of benzene rings is 2. The fraction of sp³-hybridized carbons (Fsp3) is 0.208. The van der Waals surface area contributed by atoms with Crippen LogP contribution in [0.5, 0.6) is 0 Å². The standard InChI is InChI=1S/C24H22FN5/c25-18-12-10-17(11-13-18)23-29-21(16-6-4-5-7-16)22(30-23)20-14-15-26-24(28-20)27-19-8-2-1-3-9-19/h1-3,8-16H,4-7H2,(H,29,30)(H,26,27,28). The summed E-state index contributed by atoms with van der Waals surface area (Å²) in [4.78, 5) is 17.5. The number of H-pyrrole nitrogens is 1. The van der Waals surface area contributed by atoms with Crippen LogP contribution in [0.25, 0.3) is 22.8 Å². The highest BCUT2D eigenvalue weighted by Crippen LogP contribution is 2.39. The van der Waals surface area contributed by atoms with Gasteiger partial charge in [0, 0.05) is 23.4 Å². The number of imidazole rings is 1. The Balaban J connectivity index is 1.54. The molecular formula is C24H22FN5. The zero-order valence-electron chi connectivity index (χ0n) is 16.5. The van der Waals surface area contributed by atoms with Gasteiger partial charge in [0.05, 0.1) is 17.1 Å². The molecule has 1 saturated carbocycles. The Morgan fingerprint density at radius 3 is 2.43 bits per heavy atom. The van der Waals surface area contributed by atoms with Gasteiger partial charge in [-0.25, -0.2) is 19.3 Å². The minimum atomic E-state index is -0.256. The molecule has 6 heteroatoms. The van der Waals surface area contributed by atoms with Gasteiger partial charge in [0.2, 0.25) is 5.95 Å². The van der Waals surface area contributed by atoms with Gasteiger partial charge in [0.25, 0.3) is 0 Å². The van der Waals surface area contributed by atoms with Gasteiger partial charge in [-0.3, -0.25) is 0 Å². The van der Waals surface area contributed by atoms with Crippen molar-refractivity contribution in [1.29, 1.82) is 0 Å². The van der Waals surface area contributed by atoms with E-state index in [1.807, 2.05) is 36.4 Å². The molecule has 0 aliphatic heterocycles. The molecule has 30 heavy (non-hydrogen) atoms. The molecule has 4 aromatic rings. The third kappa shape index (κ3) is 3.81. The van der Waals surface area contributed by atoms with E-state index in [1.54, 1.807) is 18.3 Å². The van der Waals surface area contributed by atoms with Gasteiger partial charge in [-0.15, -0.1) is 0 Å². The number of nitrogens with one attached hydrogen (secondary N) is 2. The SMILES string of the molecule is Fc1ccc(-c2nc(C3CCCC3)c(-c3ccnc(Nc4ccccc4)n3)[nH]2)cc1. The number of nitrogens with zero attached hydrogens (tertiary/aromatic N) is 3. The van der Waals surface area contributed by atoms with Crippen LogP contribution in [-0.2, 0) is 0 Å². The average Bonchev–Trinajstić information content (AvgIpc) is 3.45. The van der Waals surface area contributed by atoms with Crippen LogP contribution in [0.15, 0.2) is 66.9 Å². The first-order valence-corrected chi connectivity index (χ1v) is 10.3.